The van der Waals surface area contributed by atoms with Crippen LogP contribution in [0.25, 0.3) is 0 Å². The van der Waals surface area contributed by atoms with E-state index < -0.39 is 5.67 Å². The normalized spacial score (nSPS) is 26.2. The van der Waals surface area contributed by atoms with E-state index in [0.29, 0.717) is 19.4 Å². The number of hydrogen-bond acceptors (Lipinski definition) is 1. The van der Waals surface area contributed by atoms with Crippen LogP contribution in [0, 0.1) is 5.82 Å². The molecule has 0 fully saturated rings. The lowest BCUT2D eigenvalue weighted by molar-refractivity contribution is 0.183. The molecule has 1 nitrogen and oxygen atoms in total. The largest absolute Gasteiger partial charge is 0.385 e. The van der Waals surface area contributed by atoms with E-state index >= 15 is 0 Å². The molecule has 14 heavy (non-hydrogen) atoms. The fraction of sp³-hybridized carbons (Fsp3) is 0.455. The Labute approximate surface area is 82.1 Å². The summed E-state index contributed by atoms with van der Waals surface area (Å²) in [4.78, 5) is 0. The van der Waals surface area contributed by atoms with Crippen molar-refractivity contribution in [1.29, 1.82) is 0 Å². The van der Waals surface area contributed by atoms with Crippen LogP contribution in [-0.2, 0) is 6.42 Å². The summed E-state index contributed by atoms with van der Waals surface area (Å²) in [6.45, 7) is 2.15. The van der Waals surface area contributed by atoms with Crippen LogP contribution in [-0.4, -0.2) is 12.2 Å². The summed E-state index contributed by atoms with van der Waals surface area (Å²) in [5, 5.41) is 3.04. The molecule has 0 bridgehead atoms. The molecular formula is C11H13F2N. The Balaban J connectivity index is 2.37. The molecule has 1 unspecified atom stereocenters. The van der Waals surface area contributed by atoms with Crippen LogP contribution in [0.1, 0.15) is 18.9 Å². The minimum absolute atomic E-state index is 0.279. The molecule has 0 radical (unpaired) electrons. The molecule has 0 saturated carbocycles. The van der Waals surface area contributed by atoms with E-state index in [1.807, 2.05) is 0 Å². The Morgan fingerprint density at radius 1 is 1.43 bits per heavy atom. The Morgan fingerprint density at radius 3 is 3.00 bits per heavy atom. The number of alkyl halides is 1. The maximum Gasteiger partial charge on any atom is 0.125 e. The summed E-state index contributed by atoms with van der Waals surface area (Å²) >= 11 is 0. The maximum atomic E-state index is 13.8. The second kappa shape index (κ2) is 3.23. The molecule has 1 aliphatic rings. The van der Waals surface area contributed by atoms with Crippen molar-refractivity contribution in [3.8, 4) is 0 Å². The molecule has 1 aromatic carbocycles. The SMILES string of the molecule is CC1(F)CCNc2cc(F)ccc2C1. The van der Waals surface area contributed by atoms with Crippen molar-refractivity contribution in [2.75, 3.05) is 11.9 Å². The van der Waals surface area contributed by atoms with Gasteiger partial charge in [-0.1, -0.05) is 6.07 Å². The molecule has 3 heteroatoms. The number of benzene rings is 1. The summed E-state index contributed by atoms with van der Waals surface area (Å²) in [7, 11) is 0. The van der Waals surface area contributed by atoms with Gasteiger partial charge in [-0.2, -0.15) is 0 Å². The standard InChI is InChI=1S/C11H13F2N/c1-11(13)4-5-14-10-6-9(12)3-2-8(10)7-11/h2-3,6,14H,4-5,7H2,1H3. The topological polar surface area (TPSA) is 12.0 Å². The lowest BCUT2D eigenvalue weighted by Gasteiger charge is -2.16. The highest BCUT2D eigenvalue weighted by molar-refractivity contribution is 5.52. The molecule has 0 spiro atoms. The van der Waals surface area contributed by atoms with Gasteiger partial charge in [0, 0.05) is 18.7 Å². The molecule has 0 amide bonds. The van der Waals surface area contributed by atoms with E-state index in [1.54, 1.807) is 13.0 Å². The van der Waals surface area contributed by atoms with E-state index in [0.717, 1.165) is 11.3 Å². The van der Waals surface area contributed by atoms with Crippen LogP contribution < -0.4 is 5.32 Å². The summed E-state index contributed by atoms with van der Waals surface area (Å²) in [6.07, 6.45) is 0.818. The van der Waals surface area contributed by atoms with Gasteiger partial charge in [0.15, 0.2) is 0 Å². The van der Waals surface area contributed by atoms with Crippen LogP contribution in [0.3, 0.4) is 0 Å². The quantitative estimate of drug-likeness (QED) is 0.674. The number of halogens is 2. The lowest BCUT2D eigenvalue weighted by Crippen LogP contribution is -2.21. The highest BCUT2D eigenvalue weighted by Crippen LogP contribution is 2.29. The van der Waals surface area contributed by atoms with Crippen molar-refractivity contribution < 1.29 is 8.78 Å². The zero-order valence-electron chi connectivity index (χ0n) is 8.11. The fourth-order valence-electron chi connectivity index (χ4n) is 1.81. The van der Waals surface area contributed by atoms with E-state index in [2.05, 4.69) is 5.32 Å². The van der Waals surface area contributed by atoms with Crippen LogP contribution in [0.4, 0.5) is 14.5 Å². The zero-order chi connectivity index (χ0) is 10.2. The van der Waals surface area contributed by atoms with Crippen molar-refractivity contribution in [3.63, 3.8) is 0 Å². The molecule has 0 aliphatic carbocycles. The van der Waals surface area contributed by atoms with Gasteiger partial charge < -0.3 is 5.32 Å². The predicted octanol–water partition coefficient (Wildman–Crippen LogP) is 2.91. The van der Waals surface area contributed by atoms with Crippen LogP contribution in [0.2, 0.25) is 0 Å². The summed E-state index contributed by atoms with van der Waals surface area (Å²) < 4.78 is 26.7. The second-order valence-electron chi connectivity index (χ2n) is 4.07. The average Bonchev–Trinajstić information content (AvgIpc) is 2.22. The molecule has 0 saturated heterocycles. The predicted molar refractivity (Wildman–Crippen MR) is 52.7 cm³/mol. The maximum absolute atomic E-state index is 13.8. The van der Waals surface area contributed by atoms with Crippen LogP contribution in [0.15, 0.2) is 18.2 Å². The van der Waals surface area contributed by atoms with E-state index in [4.69, 9.17) is 0 Å². The highest BCUT2D eigenvalue weighted by Gasteiger charge is 2.27. The molecule has 1 heterocycles. The van der Waals surface area contributed by atoms with Gasteiger partial charge in [-0.25, -0.2) is 8.78 Å². The highest BCUT2D eigenvalue weighted by atomic mass is 19.1. The van der Waals surface area contributed by atoms with Crippen molar-refractivity contribution >= 4 is 5.69 Å². The van der Waals surface area contributed by atoms with Gasteiger partial charge in [0.05, 0.1) is 0 Å². The third kappa shape index (κ3) is 1.86. The summed E-state index contributed by atoms with van der Waals surface area (Å²) in [5.41, 5.74) is 0.399. The Bertz CT molecular complexity index is 347. The molecule has 2 rings (SSSR count). The van der Waals surface area contributed by atoms with Gasteiger partial charge in [0.1, 0.15) is 11.5 Å². The first-order chi connectivity index (χ1) is 6.57. The minimum atomic E-state index is -1.18. The lowest BCUT2D eigenvalue weighted by atomic mass is 9.96. The number of nitrogens with one attached hydrogen (secondary N) is 1. The van der Waals surface area contributed by atoms with Gasteiger partial charge >= 0.3 is 0 Å². The number of hydrogen-bond donors (Lipinski definition) is 1. The minimum Gasteiger partial charge on any atom is -0.385 e. The van der Waals surface area contributed by atoms with Gasteiger partial charge in [-0.05, 0) is 31.0 Å². The average molecular weight is 197 g/mol. The van der Waals surface area contributed by atoms with E-state index in [9.17, 15) is 8.78 Å². The van der Waals surface area contributed by atoms with Gasteiger partial charge in [0.2, 0.25) is 0 Å². The van der Waals surface area contributed by atoms with Gasteiger partial charge in [0.25, 0.3) is 0 Å². The zero-order valence-corrected chi connectivity index (χ0v) is 8.11. The molecule has 1 atom stereocenters. The molecule has 0 aromatic heterocycles. The van der Waals surface area contributed by atoms with E-state index in [-0.39, 0.29) is 5.82 Å². The van der Waals surface area contributed by atoms with Crippen molar-refractivity contribution in [3.05, 3.63) is 29.6 Å². The first-order valence-electron chi connectivity index (χ1n) is 4.78. The number of anilines is 1. The van der Waals surface area contributed by atoms with Crippen molar-refractivity contribution in [2.45, 2.75) is 25.4 Å². The Hall–Kier alpha value is -1.12. The van der Waals surface area contributed by atoms with E-state index in [1.165, 1.54) is 12.1 Å². The van der Waals surface area contributed by atoms with Gasteiger partial charge in [-0.15, -0.1) is 0 Å². The molecule has 1 N–H and O–H groups in total. The van der Waals surface area contributed by atoms with Crippen molar-refractivity contribution in [1.82, 2.24) is 0 Å². The third-order valence-corrected chi connectivity index (χ3v) is 2.59. The Morgan fingerprint density at radius 2 is 2.21 bits per heavy atom. The Kier molecular flexibility index (Phi) is 2.17. The number of rotatable bonds is 0. The monoisotopic (exact) mass is 197 g/mol. The van der Waals surface area contributed by atoms with Crippen LogP contribution >= 0.6 is 0 Å². The molecule has 76 valence electrons. The summed E-state index contributed by atoms with van der Waals surface area (Å²) in [6, 6.07) is 4.46. The van der Waals surface area contributed by atoms with Crippen molar-refractivity contribution in [2.24, 2.45) is 0 Å². The van der Waals surface area contributed by atoms with Crippen LogP contribution in [0.5, 0.6) is 0 Å². The smallest absolute Gasteiger partial charge is 0.125 e. The first-order valence-corrected chi connectivity index (χ1v) is 4.78. The fourth-order valence-corrected chi connectivity index (χ4v) is 1.81. The molecular weight excluding hydrogens is 184 g/mol. The summed E-state index contributed by atoms with van der Waals surface area (Å²) in [5.74, 6) is -0.279. The second-order valence-corrected chi connectivity index (χ2v) is 4.07. The molecule has 1 aromatic rings. The van der Waals surface area contributed by atoms with Gasteiger partial charge in [-0.3, -0.25) is 0 Å². The number of fused-ring (bicyclic) bond motifs is 1. The third-order valence-electron chi connectivity index (χ3n) is 2.59. The molecule has 1 aliphatic heterocycles. The first kappa shape index (κ1) is 9.44.